The predicted molar refractivity (Wildman–Crippen MR) is 87.9 cm³/mol. The summed E-state index contributed by atoms with van der Waals surface area (Å²) in [4.78, 5) is 4.98. The Bertz CT molecular complexity index is 593. The first-order valence-corrected chi connectivity index (χ1v) is 8.28. The summed E-state index contributed by atoms with van der Waals surface area (Å²) in [6, 6.07) is 9.37. The normalized spacial score (nSPS) is 20.0. The Morgan fingerprint density at radius 3 is 2.52 bits per heavy atom. The van der Waals surface area contributed by atoms with E-state index in [1.165, 1.54) is 11.3 Å². The molecule has 1 aliphatic heterocycles. The van der Waals surface area contributed by atoms with Gasteiger partial charge in [-0.2, -0.15) is 0 Å². The molecule has 0 amide bonds. The first kappa shape index (κ1) is 14.5. The third kappa shape index (κ3) is 3.41. The van der Waals surface area contributed by atoms with Crippen molar-refractivity contribution < 1.29 is 0 Å². The van der Waals surface area contributed by atoms with Gasteiger partial charge in [0.2, 0.25) is 0 Å². The van der Waals surface area contributed by atoms with Crippen LogP contribution in [0.1, 0.15) is 22.5 Å². The summed E-state index contributed by atoms with van der Waals surface area (Å²) in [5.41, 5.74) is 2.65. The van der Waals surface area contributed by atoms with Crippen LogP contribution in [0.5, 0.6) is 0 Å². The summed E-state index contributed by atoms with van der Waals surface area (Å²) >= 11 is 1.70. The van der Waals surface area contributed by atoms with Gasteiger partial charge < -0.3 is 4.90 Å². The standard InChI is InChI=1S/C16H22N4S/c1-12-4-6-15(7-5-12)20-9-8-19(13(2)10-20)11-16-18-17-14(3)21-16/h4-7,13H,8-11H2,1-3H3/t13-/m0/s1. The highest BCUT2D eigenvalue weighted by molar-refractivity contribution is 7.11. The fourth-order valence-electron chi connectivity index (χ4n) is 2.80. The fourth-order valence-corrected chi connectivity index (χ4v) is 3.53. The monoisotopic (exact) mass is 302 g/mol. The summed E-state index contributed by atoms with van der Waals surface area (Å²) in [5, 5.41) is 10.5. The molecule has 0 radical (unpaired) electrons. The van der Waals surface area contributed by atoms with Crippen LogP contribution in [-0.2, 0) is 6.54 Å². The van der Waals surface area contributed by atoms with Crippen molar-refractivity contribution in [2.75, 3.05) is 24.5 Å². The molecule has 112 valence electrons. The van der Waals surface area contributed by atoms with E-state index in [4.69, 9.17) is 0 Å². The molecule has 0 bridgehead atoms. The number of hydrogen-bond donors (Lipinski definition) is 0. The highest BCUT2D eigenvalue weighted by Gasteiger charge is 2.24. The fraction of sp³-hybridized carbons (Fsp3) is 0.500. The van der Waals surface area contributed by atoms with E-state index >= 15 is 0 Å². The molecule has 0 aliphatic carbocycles. The van der Waals surface area contributed by atoms with Gasteiger partial charge in [0.25, 0.3) is 0 Å². The van der Waals surface area contributed by atoms with E-state index in [9.17, 15) is 0 Å². The molecule has 0 unspecified atom stereocenters. The minimum absolute atomic E-state index is 0.532. The quantitative estimate of drug-likeness (QED) is 0.873. The van der Waals surface area contributed by atoms with Crippen LogP contribution in [0, 0.1) is 13.8 Å². The minimum atomic E-state index is 0.532. The van der Waals surface area contributed by atoms with Crippen molar-refractivity contribution >= 4 is 17.0 Å². The Morgan fingerprint density at radius 1 is 1.14 bits per heavy atom. The molecule has 1 fully saturated rings. The number of benzene rings is 1. The van der Waals surface area contributed by atoms with E-state index in [0.717, 1.165) is 36.2 Å². The van der Waals surface area contributed by atoms with Crippen LogP contribution in [0.4, 0.5) is 5.69 Å². The van der Waals surface area contributed by atoms with Crippen molar-refractivity contribution in [3.8, 4) is 0 Å². The van der Waals surface area contributed by atoms with Gasteiger partial charge in [0.15, 0.2) is 0 Å². The second-order valence-electron chi connectivity index (χ2n) is 5.82. The summed E-state index contributed by atoms with van der Waals surface area (Å²) < 4.78 is 0. The smallest absolute Gasteiger partial charge is 0.131 e. The number of piperazine rings is 1. The van der Waals surface area contributed by atoms with Crippen LogP contribution in [0.3, 0.4) is 0 Å². The van der Waals surface area contributed by atoms with Crippen molar-refractivity contribution in [2.24, 2.45) is 0 Å². The molecule has 2 heterocycles. The van der Waals surface area contributed by atoms with Gasteiger partial charge in [-0.1, -0.05) is 17.7 Å². The van der Waals surface area contributed by atoms with E-state index in [1.54, 1.807) is 11.3 Å². The van der Waals surface area contributed by atoms with Gasteiger partial charge in [-0.05, 0) is 32.9 Å². The minimum Gasteiger partial charge on any atom is -0.369 e. The summed E-state index contributed by atoms with van der Waals surface area (Å²) in [6.07, 6.45) is 0. The lowest BCUT2D eigenvalue weighted by Crippen LogP contribution is -2.51. The lowest BCUT2D eigenvalue weighted by atomic mass is 10.1. The first-order valence-electron chi connectivity index (χ1n) is 7.46. The molecule has 1 aliphatic rings. The maximum atomic E-state index is 4.24. The molecular weight excluding hydrogens is 280 g/mol. The second-order valence-corrected chi connectivity index (χ2v) is 7.08. The van der Waals surface area contributed by atoms with Gasteiger partial charge in [-0.15, -0.1) is 21.5 Å². The Hall–Kier alpha value is -1.46. The predicted octanol–water partition coefficient (Wildman–Crippen LogP) is 2.87. The van der Waals surface area contributed by atoms with Gasteiger partial charge >= 0.3 is 0 Å². The van der Waals surface area contributed by atoms with Crippen molar-refractivity contribution in [1.29, 1.82) is 0 Å². The average Bonchev–Trinajstić information content (AvgIpc) is 2.87. The van der Waals surface area contributed by atoms with Crippen LogP contribution in [0.25, 0.3) is 0 Å². The maximum Gasteiger partial charge on any atom is 0.131 e. The summed E-state index contributed by atoms with van der Waals surface area (Å²) in [6.45, 7) is 10.6. The molecule has 1 atom stereocenters. The van der Waals surface area contributed by atoms with E-state index in [1.807, 2.05) is 6.92 Å². The Balaban J connectivity index is 1.62. The molecule has 1 aromatic carbocycles. The summed E-state index contributed by atoms with van der Waals surface area (Å²) in [5.74, 6) is 0. The molecule has 21 heavy (non-hydrogen) atoms. The SMILES string of the molecule is Cc1ccc(N2CCN(Cc3nnc(C)s3)[C@@H](C)C2)cc1. The topological polar surface area (TPSA) is 32.3 Å². The summed E-state index contributed by atoms with van der Waals surface area (Å²) in [7, 11) is 0. The van der Waals surface area contributed by atoms with Crippen LogP contribution < -0.4 is 4.90 Å². The molecule has 1 aromatic heterocycles. The number of hydrogen-bond acceptors (Lipinski definition) is 5. The Labute approximate surface area is 130 Å². The molecule has 5 heteroatoms. The van der Waals surface area contributed by atoms with Crippen LogP contribution >= 0.6 is 11.3 Å². The van der Waals surface area contributed by atoms with Crippen molar-refractivity contribution in [1.82, 2.24) is 15.1 Å². The molecule has 0 saturated carbocycles. The largest absolute Gasteiger partial charge is 0.369 e. The lowest BCUT2D eigenvalue weighted by molar-refractivity contribution is 0.180. The van der Waals surface area contributed by atoms with E-state index in [2.05, 4.69) is 58.1 Å². The third-order valence-corrected chi connectivity index (χ3v) is 4.89. The average molecular weight is 302 g/mol. The molecule has 2 aromatic rings. The van der Waals surface area contributed by atoms with E-state index in [0.29, 0.717) is 6.04 Å². The number of aryl methyl sites for hydroxylation is 2. The molecule has 0 N–H and O–H groups in total. The van der Waals surface area contributed by atoms with Crippen LogP contribution in [0.15, 0.2) is 24.3 Å². The second kappa shape index (κ2) is 6.12. The van der Waals surface area contributed by atoms with E-state index in [-0.39, 0.29) is 0 Å². The van der Waals surface area contributed by atoms with Crippen molar-refractivity contribution in [2.45, 2.75) is 33.4 Å². The molecule has 1 saturated heterocycles. The van der Waals surface area contributed by atoms with Gasteiger partial charge in [0.05, 0.1) is 6.54 Å². The maximum absolute atomic E-state index is 4.24. The zero-order valence-electron chi connectivity index (χ0n) is 12.9. The Morgan fingerprint density at radius 2 is 1.90 bits per heavy atom. The van der Waals surface area contributed by atoms with Gasteiger partial charge in [0.1, 0.15) is 10.0 Å². The van der Waals surface area contributed by atoms with Gasteiger partial charge in [0, 0.05) is 31.4 Å². The lowest BCUT2D eigenvalue weighted by Gasteiger charge is -2.40. The van der Waals surface area contributed by atoms with Gasteiger partial charge in [-0.25, -0.2) is 0 Å². The number of anilines is 1. The van der Waals surface area contributed by atoms with E-state index < -0.39 is 0 Å². The Kier molecular flexibility index (Phi) is 4.22. The molecular formula is C16H22N4S. The molecule has 4 nitrogen and oxygen atoms in total. The zero-order valence-corrected chi connectivity index (χ0v) is 13.7. The number of nitrogens with zero attached hydrogens (tertiary/aromatic N) is 4. The van der Waals surface area contributed by atoms with Crippen molar-refractivity contribution in [3.05, 3.63) is 39.8 Å². The van der Waals surface area contributed by atoms with Crippen LogP contribution in [-0.4, -0.2) is 40.8 Å². The number of rotatable bonds is 3. The van der Waals surface area contributed by atoms with Crippen molar-refractivity contribution in [3.63, 3.8) is 0 Å². The zero-order chi connectivity index (χ0) is 14.8. The van der Waals surface area contributed by atoms with Crippen LogP contribution in [0.2, 0.25) is 0 Å². The highest BCUT2D eigenvalue weighted by Crippen LogP contribution is 2.21. The highest BCUT2D eigenvalue weighted by atomic mass is 32.1. The third-order valence-electron chi connectivity index (χ3n) is 4.07. The number of aromatic nitrogens is 2. The molecule has 0 spiro atoms. The van der Waals surface area contributed by atoms with Gasteiger partial charge in [-0.3, -0.25) is 4.90 Å². The molecule has 3 rings (SSSR count). The first-order chi connectivity index (χ1) is 10.1.